The van der Waals surface area contributed by atoms with E-state index in [1.54, 1.807) is 6.92 Å². The van der Waals surface area contributed by atoms with Crippen molar-refractivity contribution < 1.29 is 24.0 Å². The molecule has 0 radical (unpaired) electrons. The summed E-state index contributed by atoms with van der Waals surface area (Å²) < 4.78 is -1.56. The van der Waals surface area contributed by atoms with Crippen molar-refractivity contribution in [1.29, 1.82) is 0 Å². The van der Waals surface area contributed by atoms with E-state index in [2.05, 4.69) is 14.8 Å². The van der Waals surface area contributed by atoms with Crippen molar-refractivity contribution in [2.75, 3.05) is 0 Å². The molecule has 0 aliphatic heterocycles. The first kappa shape index (κ1) is 27.3. The molecule has 0 bridgehead atoms. The van der Waals surface area contributed by atoms with Crippen LogP contribution in [0.1, 0.15) is 39.0 Å². The Kier molecular flexibility index (Phi) is 11.4. The average Bonchev–Trinajstić information content (AvgIpc) is 2.58. The van der Waals surface area contributed by atoms with Crippen LogP contribution in [0.2, 0.25) is 0 Å². The molecule has 29 heavy (non-hydrogen) atoms. The van der Waals surface area contributed by atoms with Crippen molar-refractivity contribution in [2.45, 2.75) is 43.8 Å². The maximum absolute atomic E-state index is 12.2. The molecule has 13 heteroatoms. The number of carbonyl (C=O) groups is 5. The number of halogens is 1. The summed E-state index contributed by atoms with van der Waals surface area (Å²) in [6.07, 6.45) is -0.0533. The molecule has 10 nitrogen and oxygen atoms in total. The number of amides is 5. The second kappa shape index (κ2) is 12.1. The van der Waals surface area contributed by atoms with Gasteiger partial charge in [0.1, 0.15) is 4.75 Å². The van der Waals surface area contributed by atoms with Crippen LogP contribution in [0.5, 0.6) is 0 Å². The molecule has 4 unspecified atom stereocenters. The molecule has 0 spiro atoms. The summed E-state index contributed by atoms with van der Waals surface area (Å²) in [4.78, 5) is 59.1. The number of carbonyl (C=O) groups excluding carboxylic acids is 5. The highest BCUT2D eigenvalue weighted by Gasteiger charge is 2.48. The van der Waals surface area contributed by atoms with E-state index in [1.807, 2.05) is 0 Å². The molecular formula is C16H26BrN5O5S2. The third-order valence-corrected chi connectivity index (χ3v) is 7.71. The number of primary amides is 5. The van der Waals surface area contributed by atoms with Gasteiger partial charge in [-0.15, -0.1) is 0 Å². The maximum atomic E-state index is 12.2. The summed E-state index contributed by atoms with van der Waals surface area (Å²) in [5.74, 6) is -6.74. The topological polar surface area (TPSA) is 215 Å². The second-order valence-corrected chi connectivity index (χ2v) is 9.25. The standard InChI is InChI=1S/C16H26BrN5O5S2/c1-7(28)9(13(20)25)5-8(12(19)24)3-2-4-16(29-17,15(22)27)10(14(21)26)6-11(18)23/h8-10H,2-6H2,1H3,(H2,18,23)(H2,19,24)(H2,20,25)(H2,21,26)(H2,22,27). The van der Waals surface area contributed by atoms with Gasteiger partial charge in [0.2, 0.25) is 29.5 Å². The molecule has 0 saturated carbocycles. The average molecular weight is 512 g/mol. The molecule has 4 atom stereocenters. The second-order valence-electron chi connectivity index (χ2n) is 6.75. The Bertz CT molecular complexity index is 679. The molecule has 0 aromatic rings. The van der Waals surface area contributed by atoms with Gasteiger partial charge in [-0.05, 0) is 41.0 Å². The van der Waals surface area contributed by atoms with Crippen molar-refractivity contribution in [3.05, 3.63) is 0 Å². The zero-order chi connectivity index (χ0) is 22.9. The lowest BCUT2D eigenvalue weighted by atomic mass is 9.81. The number of hydrogen-bond acceptors (Lipinski definition) is 7. The summed E-state index contributed by atoms with van der Waals surface area (Å²) in [6, 6.07) is 0. The molecule has 0 fully saturated rings. The van der Waals surface area contributed by atoms with Crippen molar-refractivity contribution in [3.63, 3.8) is 0 Å². The van der Waals surface area contributed by atoms with E-state index in [0.717, 1.165) is 10.2 Å². The zero-order valence-electron chi connectivity index (χ0n) is 15.9. The Morgan fingerprint density at radius 2 is 1.55 bits per heavy atom. The van der Waals surface area contributed by atoms with Gasteiger partial charge in [0.25, 0.3) is 0 Å². The number of hydrogen-bond donors (Lipinski definition) is 5. The summed E-state index contributed by atoms with van der Waals surface area (Å²) in [7, 11) is 0.806. The summed E-state index contributed by atoms with van der Waals surface area (Å²) >= 11 is 8.10. The van der Waals surface area contributed by atoms with Gasteiger partial charge in [0.05, 0.1) is 11.8 Å². The van der Waals surface area contributed by atoms with Gasteiger partial charge in [0, 0.05) is 17.2 Å². The smallest absolute Gasteiger partial charge is 0.235 e. The highest BCUT2D eigenvalue weighted by molar-refractivity contribution is 9.50. The number of nitrogens with two attached hydrogens (primary N) is 5. The van der Waals surface area contributed by atoms with Gasteiger partial charge >= 0.3 is 0 Å². The van der Waals surface area contributed by atoms with E-state index < -0.39 is 58.5 Å². The van der Waals surface area contributed by atoms with E-state index in [4.69, 9.17) is 40.9 Å². The van der Waals surface area contributed by atoms with E-state index in [-0.39, 0.29) is 25.7 Å². The molecule has 5 amide bonds. The highest BCUT2D eigenvalue weighted by atomic mass is 79.9. The molecule has 0 aliphatic rings. The first-order valence-corrected chi connectivity index (χ1v) is 11.6. The van der Waals surface area contributed by atoms with E-state index in [1.165, 1.54) is 0 Å². The minimum absolute atomic E-state index is 0.000720. The normalized spacial score (nSPS) is 16.1. The van der Waals surface area contributed by atoms with Crippen LogP contribution in [0.4, 0.5) is 0 Å². The SMILES string of the molecule is CC(=S)C(CC(CCCC(SBr)(C(N)=O)C(CC(N)=O)C(N)=O)C(N)=O)C(N)=O. The Balaban J connectivity index is 5.52. The van der Waals surface area contributed by atoms with Crippen LogP contribution < -0.4 is 28.7 Å². The summed E-state index contributed by atoms with van der Waals surface area (Å²) in [5.41, 5.74) is 26.8. The molecule has 0 aromatic carbocycles. The van der Waals surface area contributed by atoms with Gasteiger partial charge in [0.15, 0.2) is 0 Å². The largest absolute Gasteiger partial charge is 0.370 e. The third-order valence-electron chi connectivity index (χ3n) is 4.72. The van der Waals surface area contributed by atoms with Gasteiger partial charge in [-0.1, -0.05) is 28.8 Å². The van der Waals surface area contributed by atoms with Crippen LogP contribution in [0.3, 0.4) is 0 Å². The molecule has 0 saturated heterocycles. The molecule has 0 rings (SSSR count). The monoisotopic (exact) mass is 511 g/mol. The fraction of sp³-hybridized carbons (Fsp3) is 0.625. The van der Waals surface area contributed by atoms with E-state index in [0.29, 0.717) is 4.86 Å². The van der Waals surface area contributed by atoms with Crippen LogP contribution in [0, 0.1) is 17.8 Å². The Morgan fingerprint density at radius 1 is 1.00 bits per heavy atom. The molecule has 0 aliphatic carbocycles. The first-order valence-electron chi connectivity index (χ1n) is 8.56. The quantitative estimate of drug-likeness (QED) is 0.179. The maximum Gasteiger partial charge on any atom is 0.235 e. The minimum Gasteiger partial charge on any atom is -0.370 e. The van der Waals surface area contributed by atoms with Crippen LogP contribution in [-0.2, 0) is 24.0 Å². The fourth-order valence-electron chi connectivity index (χ4n) is 3.05. The van der Waals surface area contributed by atoms with Gasteiger partial charge in [-0.25, -0.2) is 0 Å². The molecule has 0 aromatic heterocycles. The van der Waals surface area contributed by atoms with Crippen molar-refractivity contribution in [2.24, 2.45) is 46.4 Å². The lowest BCUT2D eigenvalue weighted by molar-refractivity contribution is -0.132. The molecule has 164 valence electrons. The lowest BCUT2D eigenvalue weighted by Crippen LogP contribution is -2.52. The lowest BCUT2D eigenvalue weighted by Gasteiger charge is -2.34. The van der Waals surface area contributed by atoms with Crippen molar-refractivity contribution >= 4 is 71.6 Å². The van der Waals surface area contributed by atoms with Crippen LogP contribution in [-0.4, -0.2) is 39.1 Å². The predicted octanol–water partition coefficient (Wildman–Crippen LogP) is -0.616. The van der Waals surface area contributed by atoms with Crippen LogP contribution in [0.25, 0.3) is 0 Å². The Hall–Kier alpha value is -1.73. The number of thiocarbonyl (C=S) groups is 1. The first-order chi connectivity index (χ1) is 13.3. The van der Waals surface area contributed by atoms with Crippen molar-refractivity contribution in [3.8, 4) is 0 Å². The van der Waals surface area contributed by atoms with Crippen LogP contribution >= 0.6 is 37.2 Å². The van der Waals surface area contributed by atoms with Crippen molar-refractivity contribution in [1.82, 2.24) is 0 Å². The predicted molar refractivity (Wildman–Crippen MR) is 117 cm³/mol. The molecule has 0 heterocycles. The Morgan fingerprint density at radius 3 is 1.86 bits per heavy atom. The Labute approximate surface area is 185 Å². The number of rotatable bonds is 15. The minimum atomic E-state index is -1.56. The zero-order valence-corrected chi connectivity index (χ0v) is 19.1. The van der Waals surface area contributed by atoms with Crippen LogP contribution in [0.15, 0.2) is 0 Å². The summed E-state index contributed by atoms with van der Waals surface area (Å²) in [6.45, 7) is 1.55. The third kappa shape index (κ3) is 7.90. The van der Waals surface area contributed by atoms with Gasteiger partial charge < -0.3 is 28.7 Å². The molecular weight excluding hydrogens is 486 g/mol. The summed E-state index contributed by atoms with van der Waals surface area (Å²) in [5, 5.41) is 0. The van der Waals surface area contributed by atoms with E-state index >= 15 is 0 Å². The fourth-order valence-corrected chi connectivity index (χ4v) is 5.51. The van der Waals surface area contributed by atoms with E-state index in [9.17, 15) is 24.0 Å². The van der Waals surface area contributed by atoms with Gasteiger partial charge in [-0.3, -0.25) is 24.0 Å². The highest BCUT2D eigenvalue weighted by Crippen LogP contribution is 2.43. The van der Waals surface area contributed by atoms with Gasteiger partial charge in [-0.2, -0.15) is 0 Å². The molecule has 10 N–H and O–H groups in total.